The molecule has 2 aliphatic heterocycles. The summed E-state index contributed by atoms with van der Waals surface area (Å²) in [4.78, 5) is 30.5. The summed E-state index contributed by atoms with van der Waals surface area (Å²) in [6.07, 6.45) is 1.34. The number of nitrogens with one attached hydrogen (secondary N) is 1. The molecule has 0 saturated carbocycles. The smallest absolute Gasteiger partial charge is 0.308 e. The van der Waals surface area contributed by atoms with Gasteiger partial charge in [0, 0.05) is 39.3 Å². The first-order valence-corrected chi connectivity index (χ1v) is 7.57. The molecule has 0 bridgehead atoms. The third-order valence-corrected chi connectivity index (χ3v) is 4.81. The summed E-state index contributed by atoms with van der Waals surface area (Å²) in [5.41, 5.74) is -0.635. The number of carbonyl (C=O) groups excluding carboxylic acids is 2. The Bertz CT molecular complexity index is 373. The Morgan fingerprint density at radius 2 is 1.65 bits per heavy atom. The molecule has 2 aliphatic rings. The standard InChI is InChI=1S/C14H26N4O2/c1-4-14(5-2)12(19)15-13(20)18(14)11-10-17-8-6-16(3)7-9-17/h4-11H2,1-3H3,(H,15,19,20). The van der Waals surface area contributed by atoms with Crippen LogP contribution >= 0.6 is 0 Å². The quantitative estimate of drug-likeness (QED) is 0.739. The van der Waals surface area contributed by atoms with Crippen LogP contribution < -0.4 is 5.32 Å². The topological polar surface area (TPSA) is 55.9 Å². The van der Waals surface area contributed by atoms with Gasteiger partial charge in [-0.25, -0.2) is 4.79 Å². The van der Waals surface area contributed by atoms with Crippen molar-refractivity contribution in [3.8, 4) is 0 Å². The van der Waals surface area contributed by atoms with Crippen molar-refractivity contribution in [2.75, 3.05) is 46.3 Å². The maximum absolute atomic E-state index is 12.1. The number of hydrogen-bond acceptors (Lipinski definition) is 4. The lowest BCUT2D eigenvalue weighted by atomic mass is 9.91. The highest BCUT2D eigenvalue weighted by Gasteiger charge is 2.49. The van der Waals surface area contributed by atoms with Crippen LogP contribution in [0, 0.1) is 0 Å². The molecule has 0 atom stereocenters. The molecule has 6 nitrogen and oxygen atoms in total. The van der Waals surface area contributed by atoms with Crippen LogP contribution in [-0.4, -0.2) is 78.5 Å². The zero-order valence-corrected chi connectivity index (χ0v) is 12.8. The van der Waals surface area contributed by atoms with Crippen LogP contribution in [0.1, 0.15) is 26.7 Å². The molecule has 2 heterocycles. The van der Waals surface area contributed by atoms with E-state index < -0.39 is 5.54 Å². The monoisotopic (exact) mass is 282 g/mol. The van der Waals surface area contributed by atoms with Crippen molar-refractivity contribution in [1.29, 1.82) is 0 Å². The number of hydrogen-bond donors (Lipinski definition) is 1. The van der Waals surface area contributed by atoms with E-state index in [0.29, 0.717) is 19.4 Å². The van der Waals surface area contributed by atoms with Gasteiger partial charge in [0.1, 0.15) is 5.54 Å². The van der Waals surface area contributed by atoms with Crippen molar-refractivity contribution in [3.63, 3.8) is 0 Å². The Hall–Kier alpha value is -1.14. The van der Waals surface area contributed by atoms with Crippen molar-refractivity contribution in [3.05, 3.63) is 0 Å². The van der Waals surface area contributed by atoms with Gasteiger partial charge in [-0.1, -0.05) is 13.8 Å². The molecule has 1 N–H and O–H groups in total. The van der Waals surface area contributed by atoms with Gasteiger partial charge in [-0.15, -0.1) is 0 Å². The van der Waals surface area contributed by atoms with E-state index in [2.05, 4.69) is 22.2 Å². The Labute approximate surface area is 121 Å². The molecule has 20 heavy (non-hydrogen) atoms. The molecule has 2 saturated heterocycles. The van der Waals surface area contributed by atoms with Crippen LogP contribution in [0.5, 0.6) is 0 Å². The summed E-state index contributed by atoms with van der Waals surface area (Å²) in [6, 6.07) is -0.229. The summed E-state index contributed by atoms with van der Waals surface area (Å²) in [5, 5.41) is 2.48. The third-order valence-electron chi connectivity index (χ3n) is 4.81. The second-order valence-corrected chi connectivity index (χ2v) is 5.79. The lowest BCUT2D eigenvalue weighted by Crippen LogP contribution is -2.52. The Morgan fingerprint density at radius 1 is 1.05 bits per heavy atom. The van der Waals surface area contributed by atoms with E-state index in [1.807, 2.05) is 13.8 Å². The fraction of sp³-hybridized carbons (Fsp3) is 0.857. The van der Waals surface area contributed by atoms with Crippen molar-refractivity contribution in [2.24, 2.45) is 0 Å². The van der Waals surface area contributed by atoms with Gasteiger partial charge in [-0.3, -0.25) is 15.0 Å². The Kier molecular flexibility index (Phi) is 4.65. The van der Waals surface area contributed by atoms with E-state index in [4.69, 9.17) is 0 Å². The number of imide groups is 1. The van der Waals surface area contributed by atoms with Crippen LogP contribution in [0.15, 0.2) is 0 Å². The highest BCUT2D eigenvalue weighted by Crippen LogP contribution is 2.28. The van der Waals surface area contributed by atoms with E-state index in [0.717, 1.165) is 32.7 Å². The average Bonchev–Trinajstić information content (AvgIpc) is 2.69. The second kappa shape index (κ2) is 6.10. The number of likely N-dealkylation sites (N-methyl/N-ethyl adjacent to an activating group) is 1. The summed E-state index contributed by atoms with van der Waals surface area (Å²) in [6.45, 7) is 9.63. The molecule has 2 fully saturated rings. The van der Waals surface area contributed by atoms with Crippen LogP contribution in [-0.2, 0) is 4.79 Å². The van der Waals surface area contributed by atoms with Gasteiger partial charge < -0.3 is 9.80 Å². The maximum Gasteiger partial charge on any atom is 0.325 e. The van der Waals surface area contributed by atoms with Crippen molar-refractivity contribution < 1.29 is 9.59 Å². The molecule has 114 valence electrons. The highest BCUT2D eigenvalue weighted by molar-refractivity contribution is 6.06. The number of nitrogens with zero attached hydrogens (tertiary/aromatic N) is 3. The van der Waals surface area contributed by atoms with Gasteiger partial charge in [-0.2, -0.15) is 0 Å². The van der Waals surface area contributed by atoms with Gasteiger partial charge in [0.15, 0.2) is 0 Å². The van der Waals surface area contributed by atoms with Crippen LogP contribution in [0.2, 0.25) is 0 Å². The largest absolute Gasteiger partial charge is 0.325 e. The van der Waals surface area contributed by atoms with E-state index in [-0.39, 0.29) is 11.9 Å². The minimum Gasteiger partial charge on any atom is -0.308 e. The minimum absolute atomic E-state index is 0.133. The lowest BCUT2D eigenvalue weighted by molar-refractivity contribution is -0.127. The molecule has 0 unspecified atom stereocenters. The SMILES string of the molecule is CCC1(CC)C(=O)NC(=O)N1CCN1CCN(C)CC1. The van der Waals surface area contributed by atoms with Gasteiger partial charge >= 0.3 is 6.03 Å². The van der Waals surface area contributed by atoms with Crippen molar-refractivity contribution >= 4 is 11.9 Å². The summed E-state index contributed by atoms with van der Waals surface area (Å²) >= 11 is 0. The van der Waals surface area contributed by atoms with Gasteiger partial charge in [0.25, 0.3) is 5.91 Å². The van der Waals surface area contributed by atoms with E-state index >= 15 is 0 Å². The van der Waals surface area contributed by atoms with E-state index in [9.17, 15) is 9.59 Å². The molecule has 0 aromatic heterocycles. The van der Waals surface area contributed by atoms with Crippen LogP contribution in [0.25, 0.3) is 0 Å². The molecule has 0 aliphatic carbocycles. The van der Waals surface area contributed by atoms with Gasteiger partial charge in [0.2, 0.25) is 0 Å². The molecule has 3 amide bonds. The summed E-state index contributed by atoms with van der Waals surface area (Å²) < 4.78 is 0. The number of amides is 3. The van der Waals surface area contributed by atoms with Crippen LogP contribution in [0.3, 0.4) is 0 Å². The predicted octanol–water partition coefficient (Wildman–Crippen LogP) is 0.344. The molecule has 2 rings (SSSR count). The first kappa shape index (κ1) is 15.3. The van der Waals surface area contributed by atoms with Gasteiger partial charge in [-0.05, 0) is 19.9 Å². The zero-order chi connectivity index (χ0) is 14.8. The fourth-order valence-electron chi connectivity index (χ4n) is 3.18. The first-order chi connectivity index (χ1) is 9.53. The Balaban J connectivity index is 1.96. The van der Waals surface area contributed by atoms with Crippen LogP contribution in [0.4, 0.5) is 4.79 Å². The number of urea groups is 1. The zero-order valence-electron chi connectivity index (χ0n) is 12.8. The first-order valence-electron chi connectivity index (χ1n) is 7.57. The summed E-state index contributed by atoms with van der Waals surface area (Å²) in [7, 11) is 2.13. The van der Waals surface area contributed by atoms with Gasteiger partial charge in [0.05, 0.1) is 0 Å². The third kappa shape index (κ3) is 2.67. The molecular weight excluding hydrogens is 256 g/mol. The second-order valence-electron chi connectivity index (χ2n) is 5.79. The molecule has 6 heteroatoms. The maximum atomic E-state index is 12.1. The Morgan fingerprint density at radius 3 is 2.20 bits per heavy atom. The average molecular weight is 282 g/mol. The minimum atomic E-state index is -0.635. The van der Waals surface area contributed by atoms with E-state index in [1.165, 1.54) is 0 Å². The lowest BCUT2D eigenvalue weighted by Gasteiger charge is -2.37. The van der Waals surface area contributed by atoms with Crippen molar-refractivity contribution in [1.82, 2.24) is 20.0 Å². The number of carbonyl (C=O) groups is 2. The summed E-state index contributed by atoms with van der Waals surface area (Å²) in [5.74, 6) is -0.133. The molecule has 0 aromatic carbocycles. The molecule has 0 aromatic rings. The number of rotatable bonds is 5. The molecule has 0 spiro atoms. The van der Waals surface area contributed by atoms with E-state index in [1.54, 1.807) is 4.90 Å². The molecule has 0 radical (unpaired) electrons. The number of piperazine rings is 1. The highest BCUT2D eigenvalue weighted by atomic mass is 16.2. The molecular formula is C14H26N4O2. The fourth-order valence-corrected chi connectivity index (χ4v) is 3.18. The normalized spacial score (nSPS) is 24.2. The predicted molar refractivity (Wildman–Crippen MR) is 77.5 cm³/mol. The van der Waals surface area contributed by atoms with Crippen molar-refractivity contribution in [2.45, 2.75) is 32.2 Å².